The molecule has 3 aliphatic rings. The molecule has 2 saturated carbocycles. The van der Waals surface area contributed by atoms with E-state index in [9.17, 15) is 4.79 Å². The monoisotopic (exact) mass is 462 g/mol. The smallest absolute Gasteiger partial charge is 0.253 e. The maximum Gasteiger partial charge on any atom is 0.253 e. The number of benzene rings is 2. The predicted octanol–water partition coefficient (Wildman–Crippen LogP) is 4.61. The average Bonchev–Trinajstić information content (AvgIpc) is 3.71. The number of ether oxygens (including phenoxy) is 2. The van der Waals surface area contributed by atoms with Crippen molar-refractivity contribution in [2.75, 3.05) is 40.9 Å². The van der Waals surface area contributed by atoms with Gasteiger partial charge >= 0.3 is 0 Å². The molecule has 2 aromatic carbocycles. The van der Waals surface area contributed by atoms with Crippen LogP contribution >= 0.6 is 0 Å². The molecular weight excluding hydrogens is 424 g/mol. The van der Waals surface area contributed by atoms with Gasteiger partial charge < -0.3 is 19.3 Å². The lowest BCUT2D eigenvalue weighted by molar-refractivity contribution is -0.0794. The van der Waals surface area contributed by atoms with Gasteiger partial charge in [-0.3, -0.25) is 4.79 Å². The molecule has 0 N–H and O–H groups in total. The first-order valence-electron chi connectivity index (χ1n) is 12.8. The van der Waals surface area contributed by atoms with Gasteiger partial charge in [-0.1, -0.05) is 30.3 Å². The van der Waals surface area contributed by atoms with Gasteiger partial charge in [0.05, 0.1) is 13.2 Å². The van der Waals surface area contributed by atoms with Gasteiger partial charge in [-0.2, -0.15) is 0 Å². The van der Waals surface area contributed by atoms with E-state index in [1.165, 1.54) is 24.9 Å². The SMILES string of the molecule is COc1cccc(C23CCN(CC4CC4)CC2C(OC)CC(N(C)C(=O)c2ccccc2)C3)c1. The first-order chi connectivity index (χ1) is 16.5. The Bertz CT molecular complexity index is 992. The van der Waals surface area contributed by atoms with Crippen molar-refractivity contribution in [3.8, 4) is 5.75 Å². The van der Waals surface area contributed by atoms with Gasteiger partial charge in [0.1, 0.15) is 5.75 Å². The topological polar surface area (TPSA) is 42.0 Å². The van der Waals surface area contributed by atoms with Crippen LogP contribution in [0.15, 0.2) is 54.6 Å². The van der Waals surface area contributed by atoms with E-state index in [1.807, 2.05) is 55.5 Å². The average molecular weight is 463 g/mol. The van der Waals surface area contributed by atoms with E-state index >= 15 is 0 Å². The van der Waals surface area contributed by atoms with E-state index in [4.69, 9.17) is 9.47 Å². The molecule has 4 unspecified atom stereocenters. The summed E-state index contributed by atoms with van der Waals surface area (Å²) in [6, 6.07) is 18.4. The summed E-state index contributed by atoms with van der Waals surface area (Å²) in [5.41, 5.74) is 2.04. The molecule has 0 spiro atoms. The zero-order valence-electron chi connectivity index (χ0n) is 20.8. The fraction of sp³-hybridized carbons (Fsp3) is 0.552. The number of hydrogen-bond donors (Lipinski definition) is 0. The lowest BCUT2D eigenvalue weighted by Gasteiger charge is -2.56. The van der Waals surface area contributed by atoms with Crippen LogP contribution in [0.2, 0.25) is 0 Å². The summed E-state index contributed by atoms with van der Waals surface area (Å²) < 4.78 is 11.8. The van der Waals surface area contributed by atoms with E-state index in [2.05, 4.69) is 23.1 Å². The van der Waals surface area contributed by atoms with Gasteiger partial charge in [-0.05, 0) is 74.4 Å². The second kappa shape index (κ2) is 9.71. The van der Waals surface area contributed by atoms with Crippen LogP contribution in [-0.2, 0) is 10.2 Å². The standard InChI is InChI=1S/C29H38N2O3/c1-30(28(32)22-8-5-4-6-9-22)24-17-27(34-3)26-20-31(19-21-12-13-21)15-14-29(26,18-24)23-10-7-11-25(16-23)33-2/h4-11,16,21,24,26-27H,12-15,17-20H2,1-3H3. The molecule has 5 nitrogen and oxygen atoms in total. The van der Waals surface area contributed by atoms with Crippen molar-refractivity contribution in [1.82, 2.24) is 9.80 Å². The molecule has 2 aromatic rings. The van der Waals surface area contributed by atoms with E-state index < -0.39 is 0 Å². The highest BCUT2D eigenvalue weighted by atomic mass is 16.5. The third-order valence-corrected chi connectivity index (χ3v) is 8.64. The molecule has 34 heavy (non-hydrogen) atoms. The summed E-state index contributed by atoms with van der Waals surface area (Å²) in [5.74, 6) is 2.27. The summed E-state index contributed by atoms with van der Waals surface area (Å²) >= 11 is 0. The van der Waals surface area contributed by atoms with Crippen LogP contribution in [0.25, 0.3) is 0 Å². The second-order valence-electron chi connectivity index (χ2n) is 10.6. The zero-order valence-corrected chi connectivity index (χ0v) is 20.8. The fourth-order valence-corrected chi connectivity index (χ4v) is 6.50. The Morgan fingerprint density at radius 2 is 1.91 bits per heavy atom. The maximum absolute atomic E-state index is 13.4. The maximum atomic E-state index is 13.4. The van der Waals surface area contributed by atoms with E-state index in [0.717, 1.165) is 49.6 Å². The Kier molecular flexibility index (Phi) is 6.67. The number of fused-ring (bicyclic) bond motifs is 1. The molecule has 5 rings (SSSR count). The van der Waals surface area contributed by atoms with Crippen LogP contribution in [0, 0.1) is 11.8 Å². The molecule has 1 saturated heterocycles. The predicted molar refractivity (Wildman–Crippen MR) is 134 cm³/mol. The van der Waals surface area contributed by atoms with Crippen LogP contribution in [-0.4, -0.2) is 68.8 Å². The van der Waals surface area contributed by atoms with Crippen LogP contribution in [0.3, 0.4) is 0 Å². The second-order valence-corrected chi connectivity index (χ2v) is 10.6. The first kappa shape index (κ1) is 23.4. The minimum Gasteiger partial charge on any atom is -0.497 e. The summed E-state index contributed by atoms with van der Waals surface area (Å²) in [4.78, 5) is 18.0. The van der Waals surface area contributed by atoms with Gasteiger partial charge in [-0.15, -0.1) is 0 Å². The van der Waals surface area contributed by atoms with Crippen LogP contribution < -0.4 is 4.74 Å². The number of carbonyl (C=O) groups is 1. The molecule has 1 aliphatic heterocycles. The highest BCUT2D eigenvalue weighted by Gasteiger charge is 2.53. The number of piperidine rings is 1. The fourth-order valence-electron chi connectivity index (χ4n) is 6.50. The van der Waals surface area contributed by atoms with E-state index in [-0.39, 0.29) is 23.5 Å². The normalized spacial score (nSPS) is 29.3. The van der Waals surface area contributed by atoms with Gasteiger partial charge in [0, 0.05) is 50.2 Å². The Balaban J connectivity index is 1.48. The highest BCUT2D eigenvalue weighted by Crippen LogP contribution is 2.51. The number of amides is 1. The molecular formula is C29H38N2O3. The minimum atomic E-state index is -0.0383. The quantitative estimate of drug-likeness (QED) is 0.602. The molecule has 1 amide bonds. The number of hydrogen-bond acceptors (Lipinski definition) is 4. The summed E-state index contributed by atoms with van der Waals surface area (Å²) in [6.07, 6.45) is 5.78. The molecule has 4 atom stereocenters. The van der Waals surface area contributed by atoms with E-state index in [1.54, 1.807) is 7.11 Å². The third kappa shape index (κ3) is 4.48. The van der Waals surface area contributed by atoms with Crippen LogP contribution in [0.1, 0.15) is 48.0 Å². The van der Waals surface area contributed by atoms with E-state index in [0.29, 0.717) is 5.92 Å². The summed E-state index contributed by atoms with van der Waals surface area (Å²) in [5, 5.41) is 0. The molecule has 3 fully saturated rings. The summed E-state index contributed by atoms with van der Waals surface area (Å²) in [6.45, 7) is 3.38. The van der Waals surface area contributed by atoms with Crippen molar-refractivity contribution in [3.05, 3.63) is 65.7 Å². The lowest BCUT2D eigenvalue weighted by Crippen LogP contribution is -2.61. The van der Waals surface area contributed by atoms with Gasteiger partial charge in [0.2, 0.25) is 0 Å². The number of likely N-dealkylation sites (tertiary alicyclic amines) is 1. The van der Waals surface area contributed by atoms with Crippen LogP contribution in [0.4, 0.5) is 0 Å². The molecule has 1 heterocycles. The first-order valence-corrected chi connectivity index (χ1v) is 12.8. The molecule has 5 heteroatoms. The molecule has 0 bridgehead atoms. The van der Waals surface area contributed by atoms with Crippen molar-refractivity contribution in [3.63, 3.8) is 0 Å². The molecule has 0 radical (unpaired) electrons. The lowest BCUT2D eigenvalue weighted by atomic mass is 9.56. The minimum absolute atomic E-state index is 0.0383. The van der Waals surface area contributed by atoms with Crippen molar-refractivity contribution >= 4 is 5.91 Å². The molecule has 182 valence electrons. The number of nitrogens with zero attached hydrogens (tertiary/aromatic N) is 2. The van der Waals surface area contributed by atoms with Crippen molar-refractivity contribution in [2.45, 2.75) is 49.7 Å². The molecule has 0 aromatic heterocycles. The highest BCUT2D eigenvalue weighted by molar-refractivity contribution is 5.94. The molecule has 2 aliphatic carbocycles. The van der Waals surface area contributed by atoms with Crippen molar-refractivity contribution in [2.24, 2.45) is 11.8 Å². The zero-order chi connectivity index (χ0) is 23.7. The third-order valence-electron chi connectivity index (χ3n) is 8.64. The van der Waals surface area contributed by atoms with Gasteiger partial charge in [0.15, 0.2) is 0 Å². The number of carbonyl (C=O) groups excluding carboxylic acids is 1. The Labute approximate surface area is 204 Å². The Morgan fingerprint density at radius 1 is 1.12 bits per heavy atom. The van der Waals surface area contributed by atoms with Crippen molar-refractivity contribution < 1.29 is 14.3 Å². The summed E-state index contributed by atoms with van der Waals surface area (Å²) in [7, 11) is 5.55. The Morgan fingerprint density at radius 3 is 2.62 bits per heavy atom. The Hall–Kier alpha value is -2.37. The van der Waals surface area contributed by atoms with Gasteiger partial charge in [0.25, 0.3) is 5.91 Å². The van der Waals surface area contributed by atoms with Gasteiger partial charge in [-0.25, -0.2) is 0 Å². The van der Waals surface area contributed by atoms with Crippen LogP contribution in [0.5, 0.6) is 5.75 Å². The van der Waals surface area contributed by atoms with Crippen molar-refractivity contribution in [1.29, 1.82) is 0 Å². The number of methoxy groups -OCH3 is 2. The number of rotatable bonds is 7. The largest absolute Gasteiger partial charge is 0.497 e.